The van der Waals surface area contributed by atoms with Crippen LogP contribution < -0.4 is 5.32 Å². The minimum absolute atomic E-state index is 0.467. The third-order valence-corrected chi connectivity index (χ3v) is 4.26. The van der Waals surface area contributed by atoms with E-state index in [4.69, 9.17) is 4.74 Å². The molecular formula is C16H33NO. The van der Waals surface area contributed by atoms with Crippen molar-refractivity contribution in [2.24, 2.45) is 5.92 Å². The molecule has 0 aromatic heterocycles. The fourth-order valence-electron chi connectivity index (χ4n) is 2.95. The Morgan fingerprint density at radius 1 is 1.17 bits per heavy atom. The van der Waals surface area contributed by atoms with Gasteiger partial charge in [-0.15, -0.1) is 0 Å². The van der Waals surface area contributed by atoms with Crippen LogP contribution >= 0.6 is 0 Å². The molecule has 0 heterocycles. The van der Waals surface area contributed by atoms with Crippen molar-refractivity contribution in [1.29, 1.82) is 0 Å². The zero-order valence-corrected chi connectivity index (χ0v) is 12.7. The molecule has 1 saturated carbocycles. The Bertz CT molecular complexity index is 194. The Hall–Kier alpha value is -0.0800. The molecular weight excluding hydrogens is 222 g/mol. The van der Waals surface area contributed by atoms with Gasteiger partial charge in [0.1, 0.15) is 0 Å². The minimum Gasteiger partial charge on any atom is -0.376 e. The van der Waals surface area contributed by atoms with Crippen molar-refractivity contribution < 1.29 is 4.74 Å². The van der Waals surface area contributed by atoms with E-state index in [-0.39, 0.29) is 0 Å². The first-order valence-electron chi connectivity index (χ1n) is 8.16. The number of nitrogens with one attached hydrogen (secondary N) is 1. The summed E-state index contributed by atoms with van der Waals surface area (Å²) >= 11 is 0. The first-order valence-corrected chi connectivity index (χ1v) is 8.16. The molecule has 1 fully saturated rings. The van der Waals surface area contributed by atoms with Crippen LogP contribution in [0.25, 0.3) is 0 Å². The largest absolute Gasteiger partial charge is 0.376 e. The van der Waals surface area contributed by atoms with Crippen molar-refractivity contribution >= 4 is 0 Å². The van der Waals surface area contributed by atoms with Crippen molar-refractivity contribution in [1.82, 2.24) is 5.32 Å². The molecule has 2 heteroatoms. The lowest BCUT2D eigenvalue weighted by molar-refractivity contribution is -0.0141. The normalized spacial score (nSPS) is 26.2. The molecule has 0 bridgehead atoms. The highest BCUT2D eigenvalue weighted by atomic mass is 16.5. The maximum Gasteiger partial charge on any atom is 0.0728 e. The molecule has 18 heavy (non-hydrogen) atoms. The smallest absolute Gasteiger partial charge is 0.0728 e. The SMILES string of the molecule is CCCCC(CC)COC1CCCCC1NCC. The quantitative estimate of drug-likeness (QED) is 0.668. The lowest BCUT2D eigenvalue weighted by Gasteiger charge is -2.33. The van der Waals surface area contributed by atoms with Crippen LogP contribution in [0.4, 0.5) is 0 Å². The number of ether oxygens (including phenoxy) is 1. The second kappa shape index (κ2) is 9.80. The predicted octanol–water partition coefficient (Wildman–Crippen LogP) is 4.14. The third kappa shape index (κ3) is 5.71. The number of rotatable bonds is 9. The molecule has 1 N–H and O–H groups in total. The van der Waals surface area contributed by atoms with E-state index in [1.807, 2.05) is 0 Å². The van der Waals surface area contributed by atoms with Crippen LogP contribution in [0.3, 0.4) is 0 Å². The molecule has 0 saturated heterocycles. The van der Waals surface area contributed by atoms with E-state index in [1.165, 1.54) is 51.4 Å². The van der Waals surface area contributed by atoms with Crippen molar-refractivity contribution in [2.45, 2.75) is 84.3 Å². The van der Waals surface area contributed by atoms with Crippen LogP contribution in [0.5, 0.6) is 0 Å². The van der Waals surface area contributed by atoms with E-state index in [9.17, 15) is 0 Å². The van der Waals surface area contributed by atoms with Crippen molar-refractivity contribution in [2.75, 3.05) is 13.2 Å². The summed E-state index contributed by atoms with van der Waals surface area (Å²) < 4.78 is 6.24. The standard InChI is InChI=1S/C16H33NO/c1-4-7-10-14(5-2)13-18-16-12-9-8-11-15(16)17-6-3/h14-17H,4-13H2,1-3H3. The van der Waals surface area contributed by atoms with Gasteiger partial charge in [-0.05, 0) is 31.7 Å². The van der Waals surface area contributed by atoms with Crippen LogP contribution in [0.15, 0.2) is 0 Å². The molecule has 0 amide bonds. The fraction of sp³-hybridized carbons (Fsp3) is 1.00. The molecule has 2 nitrogen and oxygen atoms in total. The van der Waals surface area contributed by atoms with Gasteiger partial charge in [-0.3, -0.25) is 0 Å². The molecule has 3 unspecified atom stereocenters. The first kappa shape index (κ1) is 16.0. The molecule has 0 aromatic carbocycles. The molecule has 108 valence electrons. The highest BCUT2D eigenvalue weighted by molar-refractivity contribution is 4.81. The summed E-state index contributed by atoms with van der Waals surface area (Å²) in [7, 11) is 0. The summed E-state index contributed by atoms with van der Waals surface area (Å²) in [6.07, 6.45) is 11.0. The van der Waals surface area contributed by atoms with E-state index < -0.39 is 0 Å². The maximum atomic E-state index is 6.24. The van der Waals surface area contributed by atoms with Gasteiger partial charge >= 0.3 is 0 Å². The molecule has 1 rings (SSSR count). The fourth-order valence-corrected chi connectivity index (χ4v) is 2.95. The van der Waals surface area contributed by atoms with Gasteiger partial charge in [0.2, 0.25) is 0 Å². The van der Waals surface area contributed by atoms with Gasteiger partial charge in [0.05, 0.1) is 6.10 Å². The zero-order chi connectivity index (χ0) is 13.2. The van der Waals surface area contributed by atoms with E-state index in [1.54, 1.807) is 0 Å². The average Bonchev–Trinajstić information content (AvgIpc) is 2.41. The number of hydrogen-bond acceptors (Lipinski definition) is 2. The third-order valence-electron chi connectivity index (χ3n) is 4.26. The first-order chi connectivity index (χ1) is 8.81. The summed E-state index contributed by atoms with van der Waals surface area (Å²) in [6, 6.07) is 0.604. The Morgan fingerprint density at radius 2 is 1.94 bits per heavy atom. The highest BCUT2D eigenvalue weighted by Gasteiger charge is 2.25. The van der Waals surface area contributed by atoms with Gasteiger partial charge < -0.3 is 10.1 Å². The summed E-state index contributed by atoms with van der Waals surface area (Å²) in [6.45, 7) is 8.81. The second-order valence-electron chi connectivity index (χ2n) is 5.74. The zero-order valence-electron chi connectivity index (χ0n) is 12.7. The number of hydrogen-bond donors (Lipinski definition) is 1. The van der Waals surface area contributed by atoms with Crippen LogP contribution in [0.1, 0.15) is 72.1 Å². The van der Waals surface area contributed by atoms with Gasteiger partial charge in [0.25, 0.3) is 0 Å². The van der Waals surface area contributed by atoms with Crippen molar-refractivity contribution in [3.63, 3.8) is 0 Å². The molecule has 0 aliphatic heterocycles. The summed E-state index contributed by atoms with van der Waals surface area (Å²) in [5.41, 5.74) is 0. The number of unbranched alkanes of at least 4 members (excludes halogenated alkanes) is 1. The summed E-state index contributed by atoms with van der Waals surface area (Å²) in [5.74, 6) is 0.772. The van der Waals surface area contributed by atoms with Gasteiger partial charge in [-0.2, -0.15) is 0 Å². The Kier molecular flexibility index (Phi) is 8.70. The summed E-state index contributed by atoms with van der Waals surface area (Å²) in [4.78, 5) is 0. The van der Waals surface area contributed by atoms with Gasteiger partial charge in [0.15, 0.2) is 0 Å². The van der Waals surface area contributed by atoms with Crippen LogP contribution in [0, 0.1) is 5.92 Å². The van der Waals surface area contributed by atoms with Gasteiger partial charge in [-0.1, -0.05) is 52.9 Å². The van der Waals surface area contributed by atoms with E-state index in [0.717, 1.165) is 19.1 Å². The highest BCUT2D eigenvalue weighted by Crippen LogP contribution is 2.23. The summed E-state index contributed by atoms with van der Waals surface area (Å²) in [5, 5.41) is 3.59. The van der Waals surface area contributed by atoms with Crippen LogP contribution in [-0.4, -0.2) is 25.3 Å². The van der Waals surface area contributed by atoms with Crippen molar-refractivity contribution in [3.05, 3.63) is 0 Å². The molecule has 0 radical (unpaired) electrons. The molecule has 1 aliphatic carbocycles. The Balaban J connectivity index is 2.29. The predicted molar refractivity (Wildman–Crippen MR) is 79.0 cm³/mol. The van der Waals surface area contributed by atoms with Crippen molar-refractivity contribution in [3.8, 4) is 0 Å². The maximum absolute atomic E-state index is 6.24. The van der Waals surface area contributed by atoms with E-state index in [0.29, 0.717) is 12.1 Å². The van der Waals surface area contributed by atoms with E-state index in [2.05, 4.69) is 26.1 Å². The Morgan fingerprint density at radius 3 is 2.61 bits per heavy atom. The van der Waals surface area contributed by atoms with Gasteiger partial charge in [-0.25, -0.2) is 0 Å². The van der Waals surface area contributed by atoms with Crippen LogP contribution in [-0.2, 0) is 4.74 Å². The minimum atomic E-state index is 0.467. The van der Waals surface area contributed by atoms with Crippen LogP contribution in [0.2, 0.25) is 0 Å². The molecule has 3 atom stereocenters. The monoisotopic (exact) mass is 255 g/mol. The van der Waals surface area contributed by atoms with Gasteiger partial charge in [0, 0.05) is 12.6 Å². The topological polar surface area (TPSA) is 21.3 Å². The average molecular weight is 255 g/mol. The molecule has 0 aromatic rings. The Labute approximate surface area is 114 Å². The lowest BCUT2D eigenvalue weighted by Crippen LogP contribution is -2.44. The lowest BCUT2D eigenvalue weighted by atomic mass is 9.92. The second-order valence-corrected chi connectivity index (χ2v) is 5.74. The molecule has 1 aliphatic rings. The molecule has 0 spiro atoms. The number of likely N-dealkylation sites (N-methyl/N-ethyl adjacent to an activating group) is 1. The van der Waals surface area contributed by atoms with E-state index >= 15 is 0 Å².